The van der Waals surface area contributed by atoms with Gasteiger partial charge >= 0.3 is 0 Å². The highest BCUT2D eigenvalue weighted by molar-refractivity contribution is 6.06. The Balaban J connectivity index is 1.92. The van der Waals surface area contributed by atoms with Gasteiger partial charge in [-0.1, -0.05) is 17.7 Å². The highest BCUT2D eigenvalue weighted by Gasteiger charge is 2.26. The Bertz CT molecular complexity index is 771. The number of carbonyl (C=O) groups excluding carboxylic acids is 2. The van der Waals surface area contributed by atoms with E-state index < -0.39 is 0 Å². The first-order chi connectivity index (χ1) is 12.1. The van der Waals surface area contributed by atoms with Crippen LogP contribution in [-0.2, 0) is 4.79 Å². The van der Waals surface area contributed by atoms with Crippen LogP contribution in [0, 0.1) is 6.92 Å². The van der Waals surface area contributed by atoms with E-state index in [9.17, 15) is 9.59 Å². The molecule has 1 heterocycles. The zero-order valence-corrected chi connectivity index (χ0v) is 14.6. The molecule has 5 nitrogen and oxygen atoms in total. The normalized spacial score (nSPS) is 13.8. The van der Waals surface area contributed by atoms with Crippen LogP contribution in [-0.4, -0.2) is 37.0 Å². The van der Waals surface area contributed by atoms with E-state index in [2.05, 4.69) is 0 Å². The number of hydrogen-bond acceptors (Lipinski definition) is 3. The molecule has 0 aromatic heterocycles. The van der Waals surface area contributed by atoms with E-state index >= 15 is 0 Å². The summed E-state index contributed by atoms with van der Waals surface area (Å²) in [5, 5.41) is 0. The predicted octanol–water partition coefficient (Wildman–Crippen LogP) is 3.23. The molecular formula is C20H22N2O3. The zero-order valence-electron chi connectivity index (χ0n) is 14.6. The topological polar surface area (TPSA) is 49.9 Å². The van der Waals surface area contributed by atoms with E-state index in [1.54, 1.807) is 23.0 Å². The molecule has 2 aromatic carbocycles. The molecule has 0 unspecified atom stereocenters. The Morgan fingerprint density at radius 3 is 2.56 bits per heavy atom. The average Bonchev–Trinajstić information content (AvgIpc) is 3.04. The summed E-state index contributed by atoms with van der Waals surface area (Å²) in [6.45, 7) is 2.91. The largest absolute Gasteiger partial charge is 0.497 e. The molecule has 0 spiro atoms. The summed E-state index contributed by atoms with van der Waals surface area (Å²) in [4.78, 5) is 28.5. The van der Waals surface area contributed by atoms with Gasteiger partial charge in [-0.05, 0) is 49.7 Å². The molecule has 130 valence electrons. The number of anilines is 1. The lowest BCUT2D eigenvalue weighted by Crippen LogP contribution is -2.42. The van der Waals surface area contributed by atoms with Gasteiger partial charge in [-0.3, -0.25) is 14.5 Å². The van der Waals surface area contributed by atoms with Gasteiger partial charge in [0.25, 0.3) is 5.91 Å². The number of benzene rings is 2. The Morgan fingerprint density at radius 2 is 1.96 bits per heavy atom. The van der Waals surface area contributed by atoms with Crippen LogP contribution < -0.4 is 9.64 Å². The van der Waals surface area contributed by atoms with Crippen molar-refractivity contribution in [2.75, 3.05) is 25.2 Å². The first-order valence-corrected chi connectivity index (χ1v) is 8.39. The van der Waals surface area contributed by atoms with Gasteiger partial charge in [-0.15, -0.1) is 0 Å². The number of likely N-dealkylation sites (tertiary alicyclic amines) is 1. The van der Waals surface area contributed by atoms with Gasteiger partial charge in [0, 0.05) is 24.2 Å². The molecule has 0 atom stereocenters. The monoisotopic (exact) mass is 338 g/mol. The molecule has 1 aliphatic rings. The molecule has 0 aliphatic carbocycles. The average molecular weight is 338 g/mol. The molecule has 1 fully saturated rings. The predicted molar refractivity (Wildman–Crippen MR) is 96.8 cm³/mol. The van der Waals surface area contributed by atoms with Gasteiger partial charge < -0.3 is 9.64 Å². The maximum atomic E-state index is 13.1. The Kier molecular flexibility index (Phi) is 5.03. The van der Waals surface area contributed by atoms with Crippen molar-refractivity contribution in [3.05, 3.63) is 59.7 Å². The van der Waals surface area contributed by atoms with Gasteiger partial charge in [-0.2, -0.15) is 0 Å². The van der Waals surface area contributed by atoms with Crippen molar-refractivity contribution < 1.29 is 14.3 Å². The van der Waals surface area contributed by atoms with E-state index in [0.29, 0.717) is 18.5 Å². The van der Waals surface area contributed by atoms with Crippen molar-refractivity contribution in [3.8, 4) is 5.75 Å². The number of amides is 2. The van der Waals surface area contributed by atoms with Gasteiger partial charge in [0.2, 0.25) is 5.91 Å². The summed E-state index contributed by atoms with van der Waals surface area (Å²) in [5.41, 5.74) is 2.38. The maximum absolute atomic E-state index is 13.1. The minimum absolute atomic E-state index is 0.0931. The van der Waals surface area contributed by atoms with Crippen LogP contribution >= 0.6 is 0 Å². The standard InChI is InChI=1S/C20H22N2O3/c1-15-5-3-6-16(13-15)20(24)22(14-21-12-4-7-19(21)23)17-8-10-18(25-2)11-9-17/h3,5-6,8-11,13H,4,7,12,14H2,1-2H3. The maximum Gasteiger partial charge on any atom is 0.259 e. The van der Waals surface area contributed by atoms with Gasteiger partial charge in [0.05, 0.1) is 7.11 Å². The molecule has 3 rings (SSSR count). The molecule has 0 saturated carbocycles. The minimum Gasteiger partial charge on any atom is -0.497 e. The van der Waals surface area contributed by atoms with Crippen LogP contribution in [0.5, 0.6) is 5.75 Å². The molecule has 25 heavy (non-hydrogen) atoms. The molecule has 0 bridgehead atoms. The first-order valence-electron chi connectivity index (χ1n) is 8.39. The van der Waals surface area contributed by atoms with Crippen LogP contribution in [0.25, 0.3) is 0 Å². The first kappa shape index (κ1) is 17.0. The molecule has 2 aromatic rings. The SMILES string of the molecule is COc1ccc(N(CN2CCCC2=O)C(=O)c2cccc(C)c2)cc1. The van der Waals surface area contributed by atoms with Crippen molar-refractivity contribution in [3.63, 3.8) is 0 Å². The highest BCUT2D eigenvalue weighted by Crippen LogP contribution is 2.23. The second kappa shape index (κ2) is 7.38. The van der Waals surface area contributed by atoms with Gasteiger partial charge in [0.1, 0.15) is 12.4 Å². The fourth-order valence-corrected chi connectivity index (χ4v) is 2.98. The van der Waals surface area contributed by atoms with E-state index in [1.165, 1.54) is 0 Å². The number of methoxy groups -OCH3 is 1. The Labute approximate surface area is 147 Å². The molecule has 0 N–H and O–H groups in total. The summed E-state index contributed by atoms with van der Waals surface area (Å²) in [5.74, 6) is 0.702. The molecule has 0 radical (unpaired) electrons. The highest BCUT2D eigenvalue weighted by atomic mass is 16.5. The molecule has 5 heteroatoms. The number of nitrogens with zero attached hydrogens (tertiary/aromatic N) is 2. The third kappa shape index (κ3) is 3.82. The fourth-order valence-electron chi connectivity index (χ4n) is 2.98. The summed E-state index contributed by atoms with van der Waals surface area (Å²) in [6, 6.07) is 14.8. The van der Waals surface area contributed by atoms with Crippen molar-refractivity contribution >= 4 is 17.5 Å². The van der Waals surface area contributed by atoms with E-state index in [1.807, 2.05) is 49.4 Å². The zero-order chi connectivity index (χ0) is 17.8. The van der Waals surface area contributed by atoms with E-state index in [4.69, 9.17) is 4.74 Å². The van der Waals surface area contributed by atoms with Crippen molar-refractivity contribution in [2.45, 2.75) is 19.8 Å². The number of hydrogen-bond donors (Lipinski definition) is 0. The van der Waals surface area contributed by atoms with Crippen molar-refractivity contribution in [1.82, 2.24) is 4.90 Å². The van der Waals surface area contributed by atoms with Crippen molar-refractivity contribution in [1.29, 1.82) is 0 Å². The number of ether oxygens (including phenoxy) is 1. The number of carbonyl (C=O) groups is 2. The lowest BCUT2D eigenvalue weighted by Gasteiger charge is -2.28. The van der Waals surface area contributed by atoms with Crippen LogP contribution in [0.3, 0.4) is 0 Å². The second-order valence-electron chi connectivity index (χ2n) is 6.20. The molecule has 1 aliphatic heterocycles. The van der Waals surface area contributed by atoms with E-state index in [-0.39, 0.29) is 18.5 Å². The lowest BCUT2D eigenvalue weighted by atomic mass is 10.1. The van der Waals surface area contributed by atoms with Crippen LogP contribution in [0.15, 0.2) is 48.5 Å². The summed E-state index contributed by atoms with van der Waals surface area (Å²) in [6.07, 6.45) is 1.39. The quantitative estimate of drug-likeness (QED) is 0.841. The van der Waals surface area contributed by atoms with Crippen molar-refractivity contribution in [2.24, 2.45) is 0 Å². The van der Waals surface area contributed by atoms with Crippen LogP contribution in [0.1, 0.15) is 28.8 Å². The van der Waals surface area contributed by atoms with Crippen LogP contribution in [0.2, 0.25) is 0 Å². The van der Waals surface area contributed by atoms with E-state index in [0.717, 1.165) is 23.4 Å². The van der Waals surface area contributed by atoms with Crippen LogP contribution in [0.4, 0.5) is 5.69 Å². The summed E-state index contributed by atoms with van der Waals surface area (Å²) < 4.78 is 5.19. The lowest BCUT2D eigenvalue weighted by molar-refractivity contribution is -0.127. The smallest absolute Gasteiger partial charge is 0.259 e. The van der Waals surface area contributed by atoms with Gasteiger partial charge in [-0.25, -0.2) is 0 Å². The fraction of sp³-hybridized carbons (Fsp3) is 0.300. The number of rotatable bonds is 5. The molecule has 1 saturated heterocycles. The third-order valence-electron chi connectivity index (χ3n) is 4.38. The summed E-state index contributed by atoms with van der Waals surface area (Å²) >= 11 is 0. The Hall–Kier alpha value is -2.82. The second-order valence-corrected chi connectivity index (χ2v) is 6.20. The molecular weight excluding hydrogens is 316 g/mol. The minimum atomic E-state index is -0.117. The Morgan fingerprint density at radius 1 is 1.20 bits per heavy atom. The molecule has 2 amide bonds. The summed E-state index contributed by atoms with van der Waals surface area (Å²) in [7, 11) is 1.60. The third-order valence-corrected chi connectivity index (χ3v) is 4.38. The number of aryl methyl sites for hydroxylation is 1. The van der Waals surface area contributed by atoms with Gasteiger partial charge in [0.15, 0.2) is 0 Å².